The third kappa shape index (κ3) is 3.57. The molecule has 0 aliphatic rings. The summed E-state index contributed by atoms with van der Waals surface area (Å²) in [5, 5.41) is 3.95. The summed E-state index contributed by atoms with van der Waals surface area (Å²) in [7, 11) is 0. The van der Waals surface area contributed by atoms with Gasteiger partial charge in [0, 0.05) is 5.56 Å². The van der Waals surface area contributed by atoms with Crippen molar-refractivity contribution in [2.75, 3.05) is 6.61 Å². The Morgan fingerprint density at radius 1 is 1.30 bits per heavy atom. The van der Waals surface area contributed by atoms with Crippen LogP contribution in [-0.4, -0.2) is 16.7 Å². The second-order valence-electron chi connectivity index (χ2n) is 4.73. The van der Waals surface area contributed by atoms with E-state index in [1.807, 2.05) is 24.3 Å². The van der Waals surface area contributed by atoms with Gasteiger partial charge in [-0.05, 0) is 31.0 Å². The van der Waals surface area contributed by atoms with Crippen molar-refractivity contribution in [3.8, 4) is 17.2 Å². The maximum absolute atomic E-state index is 5.98. The molecule has 2 aromatic rings. The molecule has 108 valence electrons. The summed E-state index contributed by atoms with van der Waals surface area (Å²) < 4.78 is 10.9. The van der Waals surface area contributed by atoms with Gasteiger partial charge in [0.25, 0.3) is 5.89 Å². The number of rotatable bonds is 7. The largest absolute Gasteiger partial charge is 0.494 e. The molecule has 0 saturated heterocycles. The van der Waals surface area contributed by atoms with Crippen molar-refractivity contribution in [2.24, 2.45) is 5.73 Å². The van der Waals surface area contributed by atoms with Crippen LogP contribution in [0.25, 0.3) is 11.5 Å². The Morgan fingerprint density at radius 2 is 2.15 bits per heavy atom. The molecule has 5 heteroatoms. The fourth-order valence-electron chi connectivity index (χ4n) is 1.88. The highest BCUT2D eigenvalue weighted by Gasteiger charge is 2.14. The summed E-state index contributed by atoms with van der Waals surface area (Å²) in [4.78, 5) is 4.36. The number of aromatic nitrogens is 2. The van der Waals surface area contributed by atoms with Crippen LogP contribution in [0.4, 0.5) is 0 Å². The molecule has 1 heterocycles. The van der Waals surface area contributed by atoms with Crippen molar-refractivity contribution >= 4 is 0 Å². The zero-order valence-corrected chi connectivity index (χ0v) is 12.0. The highest BCUT2D eigenvalue weighted by atomic mass is 16.5. The SMILES string of the molecule is CCCOc1cccc(-c2nc(C(N)CCC)no2)c1. The summed E-state index contributed by atoms with van der Waals surface area (Å²) >= 11 is 0. The smallest absolute Gasteiger partial charge is 0.258 e. The van der Waals surface area contributed by atoms with E-state index >= 15 is 0 Å². The van der Waals surface area contributed by atoms with E-state index in [1.165, 1.54) is 0 Å². The van der Waals surface area contributed by atoms with Crippen molar-refractivity contribution < 1.29 is 9.26 Å². The lowest BCUT2D eigenvalue weighted by atomic mass is 10.2. The number of ether oxygens (including phenoxy) is 1. The maximum atomic E-state index is 5.98. The van der Waals surface area contributed by atoms with E-state index in [1.54, 1.807) is 0 Å². The van der Waals surface area contributed by atoms with Gasteiger partial charge < -0.3 is 15.0 Å². The number of nitrogens with two attached hydrogens (primary N) is 1. The first-order chi connectivity index (χ1) is 9.74. The van der Waals surface area contributed by atoms with Crippen molar-refractivity contribution in [2.45, 2.75) is 39.2 Å². The second kappa shape index (κ2) is 7.05. The van der Waals surface area contributed by atoms with Crippen LogP contribution >= 0.6 is 0 Å². The van der Waals surface area contributed by atoms with Crippen LogP contribution in [0.3, 0.4) is 0 Å². The summed E-state index contributed by atoms with van der Waals surface area (Å²) in [5.41, 5.74) is 6.83. The third-order valence-electron chi connectivity index (χ3n) is 2.93. The van der Waals surface area contributed by atoms with Gasteiger partial charge in [-0.1, -0.05) is 31.5 Å². The standard InChI is InChI=1S/C15H21N3O2/c1-3-6-13(16)14-17-15(20-18-14)11-7-5-8-12(10-11)19-9-4-2/h5,7-8,10,13H,3-4,6,9,16H2,1-2H3. The van der Waals surface area contributed by atoms with Gasteiger partial charge in [0.05, 0.1) is 12.6 Å². The molecule has 0 aliphatic heterocycles. The van der Waals surface area contributed by atoms with Crippen LogP contribution in [0, 0.1) is 0 Å². The van der Waals surface area contributed by atoms with Gasteiger partial charge in [0.1, 0.15) is 5.75 Å². The lowest BCUT2D eigenvalue weighted by molar-refractivity contribution is 0.317. The second-order valence-corrected chi connectivity index (χ2v) is 4.73. The molecule has 1 aromatic carbocycles. The van der Waals surface area contributed by atoms with Gasteiger partial charge in [0.15, 0.2) is 5.82 Å². The van der Waals surface area contributed by atoms with Crippen LogP contribution < -0.4 is 10.5 Å². The van der Waals surface area contributed by atoms with Crippen molar-refractivity contribution in [3.63, 3.8) is 0 Å². The Balaban J connectivity index is 2.15. The summed E-state index contributed by atoms with van der Waals surface area (Å²) in [6.45, 7) is 4.85. The van der Waals surface area contributed by atoms with Crippen molar-refractivity contribution in [3.05, 3.63) is 30.1 Å². The molecule has 0 saturated carbocycles. The first-order valence-electron chi connectivity index (χ1n) is 7.07. The Labute approximate surface area is 119 Å². The van der Waals surface area contributed by atoms with Gasteiger partial charge in [-0.15, -0.1) is 0 Å². The highest BCUT2D eigenvalue weighted by Crippen LogP contribution is 2.24. The quantitative estimate of drug-likeness (QED) is 0.839. The van der Waals surface area contributed by atoms with E-state index in [-0.39, 0.29) is 6.04 Å². The zero-order valence-electron chi connectivity index (χ0n) is 12.0. The average Bonchev–Trinajstić information content (AvgIpc) is 2.95. The van der Waals surface area contributed by atoms with Crippen LogP contribution in [0.2, 0.25) is 0 Å². The Hall–Kier alpha value is -1.88. The van der Waals surface area contributed by atoms with Gasteiger partial charge in [-0.3, -0.25) is 0 Å². The van der Waals surface area contributed by atoms with Crippen LogP contribution in [-0.2, 0) is 0 Å². The minimum absolute atomic E-state index is 0.169. The maximum Gasteiger partial charge on any atom is 0.258 e. The molecule has 2 N–H and O–H groups in total. The topological polar surface area (TPSA) is 74.2 Å². The number of nitrogens with zero attached hydrogens (tertiary/aromatic N) is 2. The van der Waals surface area contributed by atoms with Gasteiger partial charge in [-0.2, -0.15) is 4.98 Å². The molecule has 1 unspecified atom stereocenters. The molecule has 5 nitrogen and oxygen atoms in total. The van der Waals surface area contributed by atoms with Gasteiger partial charge >= 0.3 is 0 Å². The number of benzene rings is 1. The molecule has 0 spiro atoms. The molecule has 20 heavy (non-hydrogen) atoms. The van der Waals surface area contributed by atoms with E-state index in [0.29, 0.717) is 18.3 Å². The molecule has 0 bridgehead atoms. The van der Waals surface area contributed by atoms with E-state index < -0.39 is 0 Å². The third-order valence-corrected chi connectivity index (χ3v) is 2.93. The van der Waals surface area contributed by atoms with E-state index in [0.717, 1.165) is 30.6 Å². The Morgan fingerprint density at radius 3 is 2.90 bits per heavy atom. The van der Waals surface area contributed by atoms with Crippen LogP contribution in [0.15, 0.2) is 28.8 Å². The summed E-state index contributed by atoms with van der Waals surface area (Å²) in [6, 6.07) is 7.48. The number of hydrogen-bond acceptors (Lipinski definition) is 5. The van der Waals surface area contributed by atoms with Crippen LogP contribution in [0.5, 0.6) is 5.75 Å². The summed E-state index contributed by atoms with van der Waals surface area (Å²) in [5.74, 6) is 1.84. The molecule has 0 amide bonds. The lowest BCUT2D eigenvalue weighted by Crippen LogP contribution is -2.11. The van der Waals surface area contributed by atoms with E-state index in [4.69, 9.17) is 15.0 Å². The van der Waals surface area contributed by atoms with Gasteiger partial charge in [-0.25, -0.2) is 0 Å². The van der Waals surface area contributed by atoms with Gasteiger partial charge in [0.2, 0.25) is 0 Å². The Kier molecular flexibility index (Phi) is 5.12. The highest BCUT2D eigenvalue weighted by molar-refractivity contribution is 5.55. The first-order valence-corrected chi connectivity index (χ1v) is 7.07. The molecule has 0 aliphatic carbocycles. The molecular weight excluding hydrogens is 254 g/mol. The lowest BCUT2D eigenvalue weighted by Gasteiger charge is -2.04. The van der Waals surface area contributed by atoms with Crippen LogP contribution in [0.1, 0.15) is 45.0 Å². The van der Waals surface area contributed by atoms with E-state index in [2.05, 4.69) is 24.0 Å². The first kappa shape index (κ1) is 14.5. The minimum Gasteiger partial charge on any atom is -0.494 e. The average molecular weight is 275 g/mol. The fourth-order valence-corrected chi connectivity index (χ4v) is 1.88. The molecule has 1 aromatic heterocycles. The zero-order chi connectivity index (χ0) is 14.4. The monoisotopic (exact) mass is 275 g/mol. The molecular formula is C15H21N3O2. The van der Waals surface area contributed by atoms with Crippen molar-refractivity contribution in [1.82, 2.24) is 10.1 Å². The number of hydrogen-bond donors (Lipinski definition) is 1. The van der Waals surface area contributed by atoms with E-state index in [9.17, 15) is 0 Å². The predicted octanol–water partition coefficient (Wildman–Crippen LogP) is 3.33. The summed E-state index contributed by atoms with van der Waals surface area (Å²) in [6.07, 6.45) is 2.81. The minimum atomic E-state index is -0.169. The van der Waals surface area contributed by atoms with Crippen molar-refractivity contribution in [1.29, 1.82) is 0 Å². The molecule has 2 rings (SSSR count). The normalized spacial score (nSPS) is 12.3. The molecule has 0 fully saturated rings. The predicted molar refractivity (Wildman–Crippen MR) is 77.4 cm³/mol. The fraction of sp³-hybridized carbons (Fsp3) is 0.467. The molecule has 1 atom stereocenters. The Bertz CT molecular complexity index is 539. The molecule has 0 radical (unpaired) electrons.